The quantitative estimate of drug-likeness (QED) is 0.893. The molecular weight excluding hydrogens is 320 g/mol. The minimum atomic E-state index is 0.146. The minimum absolute atomic E-state index is 0.146. The summed E-state index contributed by atoms with van der Waals surface area (Å²) < 4.78 is 3.17. The van der Waals surface area contributed by atoms with Crippen molar-refractivity contribution in [3.05, 3.63) is 35.4 Å². The molecule has 1 rings (SSSR count). The fraction of sp³-hybridized carbons (Fsp3) is 0.300. The van der Waals surface area contributed by atoms with Gasteiger partial charge in [0.05, 0.1) is 0 Å². The van der Waals surface area contributed by atoms with E-state index in [9.17, 15) is 0 Å². The van der Waals surface area contributed by atoms with Crippen molar-refractivity contribution in [3.8, 4) is 4.20 Å². The van der Waals surface area contributed by atoms with E-state index >= 15 is 0 Å². The molecule has 0 amide bonds. The molecule has 0 aliphatic heterocycles. The van der Waals surface area contributed by atoms with Gasteiger partial charge in [0.25, 0.3) is 0 Å². The molecule has 0 heterocycles. The van der Waals surface area contributed by atoms with Crippen LogP contribution in [0.5, 0.6) is 0 Å². The van der Waals surface area contributed by atoms with Crippen molar-refractivity contribution in [2.75, 3.05) is 0 Å². The zero-order valence-corrected chi connectivity index (χ0v) is 9.72. The SMILES string of the molecule is OCc1ccccc1CC[C]#[W]. The summed E-state index contributed by atoms with van der Waals surface area (Å²) in [6, 6.07) is 8.01. The first-order valence-corrected chi connectivity index (χ1v) is 5.38. The van der Waals surface area contributed by atoms with Gasteiger partial charge in [-0.05, 0) is 0 Å². The predicted molar refractivity (Wildman–Crippen MR) is 44.6 cm³/mol. The molecule has 0 radical (unpaired) electrons. The number of hydrogen-bond donors (Lipinski definition) is 1. The Morgan fingerprint density at radius 2 is 1.92 bits per heavy atom. The monoisotopic (exact) mass is 331 g/mol. The molecule has 0 saturated carbocycles. The summed E-state index contributed by atoms with van der Waals surface area (Å²) in [5.74, 6) is 0. The van der Waals surface area contributed by atoms with Crippen molar-refractivity contribution in [2.24, 2.45) is 0 Å². The van der Waals surface area contributed by atoms with E-state index in [-0.39, 0.29) is 6.61 Å². The molecule has 0 aliphatic carbocycles. The zero-order chi connectivity index (χ0) is 8.81. The molecule has 0 spiro atoms. The van der Waals surface area contributed by atoms with Crippen LogP contribution in [-0.4, -0.2) is 5.11 Å². The van der Waals surface area contributed by atoms with Crippen LogP contribution in [-0.2, 0) is 32.2 Å². The van der Waals surface area contributed by atoms with E-state index in [4.69, 9.17) is 5.11 Å². The molecule has 63 valence electrons. The molecule has 1 nitrogen and oxygen atoms in total. The van der Waals surface area contributed by atoms with Crippen LogP contribution in [0.3, 0.4) is 0 Å². The van der Waals surface area contributed by atoms with Crippen LogP contribution in [0.2, 0.25) is 0 Å². The Balaban J connectivity index is 2.76. The second-order valence-corrected chi connectivity index (χ2v) is 3.61. The Bertz CT molecular complexity index is 288. The molecule has 1 aromatic rings. The normalized spacial score (nSPS) is 9.33. The maximum atomic E-state index is 9.00. The van der Waals surface area contributed by atoms with Gasteiger partial charge in [-0.1, -0.05) is 0 Å². The van der Waals surface area contributed by atoms with Gasteiger partial charge in [-0.25, -0.2) is 0 Å². The van der Waals surface area contributed by atoms with Crippen LogP contribution in [0, 0.1) is 4.20 Å². The Morgan fingerprint density at radius 1 is 1.25 bits per heavy atom. The van der Waals surface area contributed by atoms with Gasteiger partial charge in [-0.3, -0.25) is 0 Å². The van der Waals surface area contributed by atoms with E-state index in [2.05, 4.69) is 10.3 Å². The Labute approximate surface area is 83.4 Å². The third-order valence-corrected chi connectivity index (χ3v) is 2.52. The fourth-order valence-electron chi connectivity index (χ4n) is 1.14. The number of hydrogen-bond acceptors (Lipinski definition) is 1. The zero-order valence-electron chi connectivity index (χ0n) is 6.79. The van der Waals surface area contributed by atoms with Gasteiger partial charge in [0, 0.05) is 0 Å². The van der Waals surface area contributed by atoms with Crippen molar-refractivity contribution in [1.29, 1.82) is 0 Å². The first kappa shape index (κ1) is 9.73. The second-order valence-electron chi connectivity index (χ2n) is 2.57. The molecule has 2 heteroatoms. The van der Waals surface area contributed by atoms with Crippen molar-refractivity contribution < 1.29 is 24.3 Å². The number of aliphatic hydroxyl groups is 1. The van der Waals surface area contributed by atoms with E-state index < -0.39 is 0 Å². The molecule has 0 atom stereocenters. The average molecular weight is 331 g/mol. The van der Waals surface area contributed by atoms with Crippen molar-refractivity contribution >= 4 is 0 Å². The van der Waals surface area contributed by atoms with Crippen LogP contribution in [0.4, 0.5) is 0 Å². The van der Waals surface area contributed by atoms with E-state index in [0.717, 1.165) is 18.4 Å². The summed E-state index contributed by atoms with van der Waals surface area (Å²) in [6.45, 7) is 0.146. The van der Waals surface area contributed by atoms with E-state index in [1.165, 1.54) is 24.7 Å². The molecule has 0 saturated heterocycles. The molecule has 0 unspecified atom stereocenters. The van der Waals surface area contributed by atoms with Crippen LogP contribution in [0.25, 0.3) is 0 Å². The molecule has 0 aromatic heterocycles. The molecular formula is C10H11OW. The molecule has 12 heavy (non-hydrogen) atoms. The Morgan fingerprint density at radius 3 is 2.50 bits per heavy atom. The summed E-state index contributed by atoms with van der Waals surface area (Å²) in [4.78, 5) is 0. The van der Waals surface area contributed by atoms with Crippen molar-refractivity contribution in [3.63, 3.8) is 0 Å². The molecule has 1 aromatic carbocycles. The third kappa shape index (κ3) is 2.60. The maximum absolute atomic E-state index is 9.00. The molecule has 1 N–H and O–H groups in total. The number of aliphatic hydroxyl groups excluding tert-OH is 1. The number of rotatable bonds is 3. The van der Waals surface area contributed by atoms with Crippen LogP contribution in [0.1, 0.15) is 17.5 Å². The van der Waals surface area contributed by atoms with Crippen LogP contribution in [0.15, 0.2) is 24.3 Å². The summed E-state index contributed by atoms with van der Waals surface area (Å²) in [5, 5.41) is 9.00. The molecule has 0 bridgehead atoms. The topological polar surface area (TPSA) is 20.2 Å². The van der Waals surface area contributed by atoms with Gasteiger partial charge in [-0.15, -0.1) is 0 Å². The summed E-state index contributed by atoms with van der Waals surface area (Å²) >= 11 is 1.39. The van der Waals surface area contributed by atoms with Gasteiger partial charge in [0.15, 0.2) is 0 Å². The fourth-order valence-corrected chi connectivity index (χ4v) is 1.51. The van der Waals surface area contributed by atoms with Crippen LogP contribution < -0.4 is 0 Å². The average Bonchev–Trinajstić information content (AvgIpc) is 2.15. The van der Waals surface area contributed by atoms with Gasteiger partial charge >= 0.3 is 83.3 Å². The Kier molecular flexibility index (Phi) is 4.32. The van der Waals surface area contributed by atoms with E-state index in [1.807, 2.05) is 18.2 Å². The second kappa shape index (κ2) is 5.32. The van der Waals surface area contributed by atoms with E-state index in [1.54, 1.807) is 0 Å². The summed E-state index contributed by atoms with van der Waals surface area (Å²) in [6.07, 6.45) is 1.99. The predicted octanol–water partition coefficient (Wildman–Crippen LogP) is 1.62. The van der Waals surface area contributed by atoms with Gasteiger partial charge in [0.1, 0.15) is 0 Å². The molecule has 0 fully saturated rings. The first-order chi connectivity index (χ1) is 5.88. The van der Waals surface area contributed by atoms with Crippen molar-refractivity contribution in [2.45, 2.75) is 19.4 Å². The standard InChI is InChI=1S/C10H11O.W/c1-2-5-9-6-3-4-7-10(9)8-11;/h3-4,6-7,11H,2,5,8H2;. The number of aryl methyl sites for hydroxylation is 1. The summed E-state index contributed by atoms with van der Waals surface area (Å²) in [7, 11) is 0. The Hall–Kier alpha value is -0.352. The van der Waals surface area contributed by atoms with Gasteiger partial charge in [0.2, 0.25) is 0 Å². The third-order valence-electron chi connectivity index (χ3n) is 1.79. The van der Waals surface area contributed by atoms with Crippen LogP contribution >= 0.6 is 0 Å². The summed E-state index contributed by atoms with van der Waals surface area (Å²) in [5.41, 5.74) is 2.29. The van der Waals surface area contributed by atoms with E-state index in [0.29, 0.717) is 0 Å². The van der Waals surface area contributed by atoms with Gasteiger partial charge < -0.3 is 0 Å². The van der Waals surface area contributed by atoms with Crippen molar-refractivity contribution in [1.82, 2.24) is 0 Å². The number of benzene rings is 1. The first-order valence-electron chi connectivity index (χ1n) is 3.91. The molecule has 0 aliphatic rings. The van der Waals surface area contributed by atoms with Gasteiger partial charge in [-0.2, -0.15) is 0 Å².